The number of benzene rings is 1. The minimum atomic E-state index is -0.679. The predicted octanol–water partition coefficient (Wildman–Crippen LogP) is 2.80. The minimum Gasteiger partial charge on any atom is -0.492 e. The van der Waals surface area contributed by atoms with Gasteiger partial charge in [-0.1, -0.05) is 34.8 Å². The zero-order chi connectivity index (χ0) is 19.4. The number of nitrogens with zero attached hydrogens (tertiary/aromatic N) is 3. The van der Waals surface area contributed by atoms with Crippen LogP contribution >= 0.6 is 34.8 Å². The van der Waals surface area contributed by atoms with Gasteiger partial charge in [-0.25, -0.2) is 4.99 Å². The average molecular weight is 437 g/mol. The third-order valence-corrected chi connectivity index (χ3v) is 5.19. The van der Waals surface area contributed by atoms with E-state index in [0.29, 0.717) is 66.5 Å². The summed E-state index contributed by atoms with van der Waals surface area (Å²) in [7, 11) is 0. The summed E-state index contributed by atoms with van der Waals surface area (Å²) in [5.41, 5.74) is 11.1. The van der Waals surface area contributed by atoms with E-state index in [0.717, 1.165) is 0 Å². The van der Waals surface area contributed by atoms with Gasteiger partial charge in [0.1, 0.15) is 5.75 Å². The van der Waals surface area contributed by atoms with E-state index in [-0.39, 0.29) is 11.9 Å². The predicted molar refractivity (Wildman–Crippen MR) is 105 cm³/mol. The van der Waals surface area contributed by atoms with E-state index in [1.807, 2.05) is 0 Å². The molecule has 1 fully saturated rings. The fraction of sp³-hybridized carbons (Fsp3) is 0.500. The molecule has 2 heterocycles. The smallest absolute Gasteiger partial charge is 0.226 e. The second-order valence-corrected chi connectivity index (χ2v) is 7.28. The molecule has 2 aliphatic rings. The van der Waals surface area contributed by atoms with Crippen LogP contribution in [0, 0.1) is 0 Å². The van der Waals surface area contributed by atoms with E-state index in [9.17, 15) is 0 Å². The molecule has 27 heavy (non-hydrogen) atoms. The summed E-state index contributed by atoms with van der Waals surface area (Å²) in [6.07, 6.45) is 1.80. The van der Waals surface area contributed by atoms with Crippen molar-refractivity contribution in [1.29, 1.82) is 0 Å². The van der Waals surface area contributed by atoms with Crippen LogP contribution in [0.4, 0.5) is 0 Å². The Labute approximate surface area is 172 Å². The number of guanidine groups is 2. The molecule has 11 heteroatoms. The van der Waals surface area contributed by atoms with Gasteiger partial charge in [0.25, 0.3) is 0 Å². The highest BCUT2D eigenvalue weighted by atomic mass is 35.5. The van der Waals surface area contributed by atoms with Crippen molar-refractivity contribution >= 4 is 46.7 Å². The molecule has 1 aromatic rings. The molecule has 4 N–H and O–H groups in total. The van der Waals surface area contributed by atoms with Crippen molar-refractivity contribution in [3.05, 3.63) is 27.2 Å². The SMILES string of the molecule is NC1=NC2(CCOCC2)N(OCCCOc2cc(Cl)c(Cl)cc2Cl)C(N)=N1. The molecule has 1 aromatic carbocycles. The number of rotatable bonds is 6. The van der Waals surface area contributed by atoms with Crippen LogP contribution in [0.2, 0.25) is 15.1 Å². The Balaban J connectivity index is 1.53. The first-order chi connectivity index (χ1) is 12.9. The van der Waals surface area contributed by atoms with Gasteiger partial charge >= 0.3 is 0 Å². The molecule has 0 bridgehead atoms. The lowest BCUT2D eigenvalue weighted by Gasteiger charge is -2.43. The van der Waals surface area contributed by atoms with Gasteiger partial charge in [0.05, 0.1) is 41.5 Å². The summed E-state index contributed by atoms with van der Waals surface area (Å²) >= 11 is 18.0. The van der Waals surface area contributed by atoms with Gasteiger partial charge in [-0.2, -0.15) is 10.1 Å². The van der Waals surface area contributed by atoms with Crippen molar-refractivity contribution in [2.45, 2.75) is 24.9 Å². The highest BCUT2D eigenvalue weighted by Crippen LogP contribution is 2.34. The molecule has 0 aromatic heterocycles. The van der Waals surface area contributed by atoms with Gasteiger partial charge in [0, 0.05) is 25.3 Å². The molecule has 8 nitrogen and oxygen atoms in total. The van der Waals surface area contributed by atoms with Gasteiger partial charge in [0.2, 0.25) is 11.9 Å². The third-order valence-electron chi connectivity index (χ3n) is 4.17. The van der Waals surface area contributed by atoms with Crippen LogP contribution in [0.1, 0.15) is 19.3 Å². The summed E-state index contributed by atoms with van der Waals surface area (Å²) in [6, 6.07) is 3.12. The molecule has 0 aliphatic carbocycles. The van der Waals surface area contributed by atoms with E-state index in [2.05, 4.69) is 9.98 Å². The number of halogens is 3. The lowest BCUT2D eigenvalue weighted by atomic mass is 10.0. The average Bonchev–Trinajstić information content (AvgIpc) is 2.61. The van der Waals surface area contributed by atoms with Crippen LogP contribution in [0.3, 0.4) is 0 Å². The maximum absolute atomic E-state index is 6.09. The first kappa shape index (κ1) is 20.3. The quantitative estimate of drug-likeness (QED) is 0.524. The van der Waals surface area contributed by atoms with Gasteiger partial charge in [0.15, 0.2) is 5.66 Å². The van der Waals surface area contributed by atoms with Crippen molar-refractivity contribution in [2.75, 3.05) is 26.4 Å². The molecule has 3 rings (SSSR count). The zero-order valence-electron chi connectivity index (χ0n) is 14.5. The van der Waals surface area contributed by atoms with Gasteiger partial charge in [-0.05, 0) is 6.07 Å². The Bertz CT molecular complexity index is 753. The van der Waals surface area contributed by atoms with E-state index in [1.54, 1.807) is 12.1 Å². The number of hydrogen-bond acceptors (Lipinski definition) is 8. The molecule has 1 saturated heterocycles. The fourth-order valence-electron chi connectivity index (χ4n) is 2.87. The van der Waals surface area contributed by atoms with Crippen LogP contribution in [0.5, 0.6) is 5.75 Å². The molecule has 1 spiro atoms. The molecule has 0 saturated carbocycles. The molecule has 2 aliphatic heterocycles. The van der Waals surface area contributed by atoms with E-state index < -0.39 is 5.66 Å². The number of hydroxylamine groups is 2. The summed E-state index contributed by atoms with van der Waals surface area (Å²) in [5, 5.41) is 2.67. The maximum atomic E-state index is 6.09. The Kier molecular flexibility index (Phi) is 6.54. The van der Waals surface area contributed by atoms with Gasteiger partial charge in [-0.15, -0.1) is 0 Å². The Morgan fingerprint density at radius 3 is 2.52 bits per heavy atom. The Morgan fingerprint density at radius 1 is 1.07 bits per heavy atom. The largest absolute Gasteiger partial charge is 0.492 e. The Morgan fingerprint density at radius 2 is 1.78 bits per heavy atom. The van der Waals surface area contributed by atoms with Crippen molar-refractivity contribution in [1.82, 2.24) is 5.06 Å². The first-order valence-corrected chi connectivity index (χ1v) is 9.52. The molecule has 0 radical (unpaired) electrons. The summed E-state index contributed by atoms with van der Waals surface area (Å²) in [5.74, 6) is 0.785. The highest BCUT2D eigenvalue weighted by Gasteiger charge is 2.43. The van der Waals surface area contributed by atoms with Gasteiger partial charge in [-0.3, -0.25) is 4.84 Å². The summed E-state index contributed by atoms with van der Waals surface area (Å²) in [6.45, 7) is 1.79. The molecule has 0 unspecified atom stereocenters. The van der Waals surface area contributed by atoms with Crippen molar-refractivity contribution in [2.24, 2.45) is 21.5 Å². The molecular formula is C16H20Cl3N5O3. The van der Waals surface area contributed by atoms with Crippen LogP contribution < -0.4 is 16.2 Å². The first-order valence-electron chi connectivity index (χ1n) is 8.39. The normalized spacial score (nSPS) is 19.0. The standard InChI is InChI=1S/C16H20Cl3N5O3/c17-10-8-12(19)13(9-11(10)18)26-4-1-5-27-24-15(21)22-14(20)23-16(24)2-6-25-7-3-16/h8-9H,1-7H2,(H4,20,21,22,23). The summed E-state index contributed by atoms with van der Waals surface area (Å²) < 4.78 is 11.1. The minimum absolute atomic E-state index is 0.145. The monoisotopic (exact) mass is 435 g/mol. The topological polar surface area (TPSA) is 108 Å². The van der Waals surface area contributed by atoms with Crippen molar-refractivity contribution in [3.63, 3.8) is 0 Å². The fourth-order valence-corrected chi connectivity index (χ4v) is 3.46. The number of hydrogen-bond donors (Lipinski definition) is 2. The number of nitrogens with two attached hydrogens (primary N) is 2. The van der Waals surface area contributed by atoms with Crippen LogP contribution in [-0.4, -0.2) is 49.1 Å². The van der Waals surface area contributed by atoms with Crippen LogP contribution in [-0.2, 0) is 9.57 Å². The van der Waals surface area contributed by atoms with Crippen molar-refractivity contribution < 1.29 is 14.3 Å². The number of ether oxygens (including phenoxy) is 2. The zero-order valence-corrected chi connectivity index (χ0v) is 16.7. The van der Waals surface area contributed by atoms with E-state index in [1.165, 1.54) is 5.06 Å². The lowest BCUT2D eigenvalue weighted by molar-refractivity contribution is -0.190. The Hall–Kier alpha value is -1.45. The van der Waals surface area contributed by atoms with E-state index >= 15 is 0 Å². The van der Waals surface area contributed by atoms with Crippen molar-refractivity contribution in [3.8, 4) is 5.75 Å². The maximum Gasteiger partial charge on any atom is 0.226 e. The molecular weight excluding hydrogens is 417 g/mol. The molecule has 148 valence electrons. The molecule has 0 atom stereocenters. The third kappa shape index (κ3) is 4.70. The highest BCUT2D eigenvalue weighted by molar-refractivity contribution is 6.43. The lowest BCUT2D eigenvalue weighted by Crippen LogP contribution is -2.59. The second kappa shape index (κ2) is 8.70. The summed E-state index contributed by atoms with van der Waals surface area (Å²) in [4.78, 5) is 14.3. The van der Waals surface area contributed by atoms with E-state index in [4.69, 9.17) is 60.6 Å². The molecule has 0 amide bonds. The van der Waals surface area contributed by atoms with Crippen LogP contribution in [0.15, 0.2) is 22.1 Å². The van der Waals surface area contributed by atoms with Crippen LogP contribution in [0.25, 0.3) is 0 Å². The second-order valence-electron chi connectivity index (χ2n) is 6.06. The number of aliphatic imine (C=N–C) groups is 2. The van der Waals surface area contributed by atoms with Gasteiger partial charge < -0.3 is 20.9 Å².